The van der Waals surface area contributed by atoms with Gasteiger partial charge in [-0.2, -0.15) is 0 Å². The van der Waals surface area contributed by atoms with Gasteiger partial charge in [-0.25, -0.2) is 0 Å². The fourth-order valence-corrected chi connectivity index (χ4v) is 7.39. The van der Waals surface area contributed by atoms with Crippen LogP contribution in [-0.2, 0) is 0 Å². The highest BCUT2D eigenvalue weighted by Crippen LogP contribution is 2.48. The fourth-order valence-electron chi connectivity index (χ4n) is 7.39. The van der Waals surface area contributed by atoms with Crippen LogP contribution in [0.3, 0.4) is 0 Å². The number of hydrogen-bond donors (Lipinski definition) is 0. The number of rotatable bonds is 4. The zero-order chi connectivity index (χ0) is 30.5. The average Bonchev–Trinajstić information content (AvgIpc) is 3.14. The van der Waals surface area contributed by atoms with Gasteiger partial charge < -0.3 is 0 Å². The van der Waals surface area contributed by atoms with Crippen molar-refractivity contribution in [2.75, 3.05) is 0 Å². The second-order valence-corrected chi connectivity index (χ2v) is 12.0. The third kappa shape index (κ3) is 4.23. The summed E-state index contributed by atoms with van der Waals surface area (Å²) in [7, 11) is 0. The maximum absolute atomic E-state index is 2.38. The van der Waals surface area contributed by atoms with Crippen molar-refractivity contribution < 1.29 is 0 Å². The molecular weight excluding hydrogens is 553 g/mol. The number of hydrogen-bond acceptors (Lipinski definition) is 0. The Labute approximate surface area is 268 Å². The van der Waals surface area contributed by atoms with Gasteiger partial charge in [0.15, 0.2) is 0 Å². The minimum absolute atomic E-state index is 1.22. The van der Waals surface area contributed by atoms with E-state index in [-0.39, 0.29) is 0 Å². The van der Waals surface area contributed by atoms with Crippen molar-refractivity contribution in [1.82, 2.24) is 0 Å². The maximum Gasteiger partial charge on any atom is -0.00141 e. The molecule has 0 bridgehead atoms. The van der Waals surface area contributed by atoms with Gasteiger partial charge in [-0.05, 0) is 93.7 Å². The van der Waals surface area contributed by atoms with Gasteiger partial charge in [0.1, 0.15) is 0 Å². The van der Waals surface area contributed by atoms with E-state index in [0.717, 1.165) is 0 Å². The zero-order valence-electron chi connectivity index (χ0n) is 25.3. The quantitative estimate of drug-likeness (QED) is 0.181. The van der Waals surface area contributed by atoms with Gasteiger partial charge in [0.2, 0.25) is 0 Å². The molecule has 0 saturated carbocycles. The monoisotopic (exact) mass is 582 g/mol. The molecule has 0 aliphatic carbocycles. The Bertz CT molecular complexity index is 2560. The number of benzene rings is 9. The van der Waals surface area contributed by atoms with Crippen molar-refractivity contribution in [1.29, 1.82) is 0 Å². The van der Waals surface area contributed by atoms with Gasteiger partial charge in [-0.1, -0.05) is 176 Å². The minimum atomic E-state index is 1.22. The molecule has 0 fully saturated rings. The fraction of sp³-hybridized carbons (Fsp3) is 0. The molecule has 0 atom stereocenters. The molecule has 0 radical (unpaired) electrons. The Hall–Kier alpha value is -5.98. The topological polar surface area (TPSA) is 0 Å². The van der Waals surface area contributed by atoms with Crippen molar-refractivity contribution in [3.8, 4) is 44.5 Å². The summed E-state index contributed by atoms with van der Waals surface area (Å²) in [5, 5.41) is 10.2. The molecule has 9 aromatic rings. The molecule has 0 N–H and O–H groups in total. The second-order valence-electron chi connectivity index (χ2n) is 12.0. The van der Waals surface area contributed by atoms with Gasteiger partial charge in [0.05, 0.1) is 0 Å². The smallest absolute Gasteiger partial charge is 0.00141 e. The molecule has 0 heterocycles. The van der Waals surface area contributed by atoms with Crippen LogP contribution in [0.5, 0.6) is 0 Å². The molecule has 0 saturated heterocycles. The van der Waals surface area contributed by atoms with Gasteiger partial charge in [0.25, 0.3) is 0 Å². The van der Waals surface area contributed by atoms with E-state index < -0.39 is 0 Å². The highest BCUT2D eigenvalue weighted by atomic mass is 14.2. The maximum atomic E-state index is 2.38. The molecule has 0 heteroatoms. The van der Waals surface area contributed by atoms with Crippen LogP contribution in [0.4, 0.5) is 0 Å². The Kier molecular flexibility index (Phi) is 6.25. The Morgan fingerprint density at radius 1 is 0.217 bits per heavy atom. The third-order valence-electron chi connectivity index (χ3n) is 9.47. The molecule has 0 aromatic heterocycles. The van der Waals surface area contributed by atoms with Crippen LogP contribution in [0.1, 0.15) is 0 Å². The van der Waals surface area contributed by atoms with E-state index in [0.29, 0.717) is 0 Å². The van der Waals surface area contributed by atoms with Crippen LogP contribution in [0.2, 0.25) is 0 Å². The summed E-state index contributed by atoms with van der Waals surface area (Å²) in [5.41, 5.74) is 9.95. The number of fused-ring (bicyclic) bond motifs is 6. The normalized spacial score (nSPS) is 11.5. The van der Waals surface area contributed by atoms with Crippen molar-refractivity contribution in [3.05, 3.63) is 182 Å². The first-order valence-electron chi connectivity index (χ1n) is 15.9. The Morgan fingerprint density at radius 3 is 1.33 bits per heavy atom. The molecule has 0 spiro atoms. The van der Waals surface area contributed by atoms with Crippen LogP contribution in [-0.4, -0.2) is 0 Å². The Morgan fingerprint density at radius 2 is 0.652 bits per heavy atom. The molecule has 0 amide bonds. The van der Waals surface area contributed by atoms with Crippen molar-refractivity contribution >= 4 is 43.1 Å². The largest absolute Gasteiger partial charge is 0.0622 e. The highest BCUT2D eigenvalue weighted by Gasteiger charge is 2.21. The summed E-state index contributed by atoms with van der Waals surface area (Å²) in [6.45, 7) is 0. The summed E-state index contributed by atoms with van der Waals surface area (Å²) < 4.78 is 0. The molecular formula is C46H30. The molecule has 214 valence electrons. The minimum Gasteiger partial charge on any atom is -0.0622 e. The highest BCUT2D eigenvalue weighted by molar-refractivity contribution is 6.23. The lowest BCUT2D eigenvalue weighted by Gasteiger charge is -2.21. The lowest BCUT2D eigenvalue weighted by molar-refractivity contribution is 1.59. The molecule has 0 unspecified atom stereocenters. The van der Waals surface area contributed by atoms with Crippen LogP contribution in [0, 0.1) is 0 Å². The first-order chi connectivity index (χ1) is 22.8. The van der Waals surface area contributed by atoms with Crippen molar-refractivity contribution in [2.24, 2.45) is 0 Å². The van der Waals surface area contributed by atoms with Crippen LogP contribution in [0.25, 0.3) is 87.6 Å². The van der Waals surface area contributed by atoms with E-state index in [2.05, 4.69) is 182 Å². The lowest BCUT2D eigenvalue weighted by atomic mass is 9.81. The van der Waals surface area contributed by atoms with Gasteiger partial charge in [-0.15, -0.1) is 0 Å². The summed E-state index contributed by atoms with van der Waals surface area (Å²) in [5.74, 6) is 0. The van der Waals surface area contributed by atoms with E-state index in [1.54, 1.807) is 0 Å². The molecule has 0 aliphatic rings. The van der Waals surface area contributed by atoms with Crippen LogP contribution >= 0.6 is 0 Å². The standard InChI is InChI=1S/C46H30/c1-2-14-31(15-3-1)32-26-28-33(29-27-32)45-41-23-11-8-19-37(41)38-20-9-12-24-42(38)46(45)43-25-13-10-22-40(43)44-30-34-16-4-5-17-35(34)36-18-6-7-21-39(36)44/h1-30H. The molecule has 9 aromatic carbocycles. The molecule has 9 rings (SSSR count). The third-order valence-corrected chi connectivity index (χ3v) is 9.47. The molecule has 0 nitrogen and oxygen atoms in total. The average molecular weight is 583 g/mol. The first kappa shape index (κ1) is 26.4. The summed E-state index contributed by atoms with van der Waals surface area (Å²) in [4.78, 5) is 0. The van der Waals surface area contributed by atoms with Gasteiger partial charge in [0, 0.05) is 0 Å². The predicted molar refractivity (Wildman–Crippen MR) is 198 cm³/mol. The van der Waals surface area contributed by atoms with Crippen molar-refractivity contribution in [3.63, 3.8) is 0 Å². The van der Waals surface area contributed by atoms with Gasteiger partial charge >= 0.3 is 0 Å². The van der Waals surface area contributed by atoms with E-state index in [4.69, 9.17) is 0 Å². The van der Waals surface area contributed by atoms with Crippen molar-refractivity contribution in [2.45, 2.75) is 0 Å². The summed E-state index contributed by atoms with van der Waals surface area (Å²) >= 11 is 0. The second kappa shape index (κ2) is 10.9. The lowest BCUT2D eigenvalue weighted by Crippen LogP contribution is -1.94. The summed E-state index contributed by atoms with van der Waals surface area (Å²) in [6, 6.07) is 66.5. The van der Waals surface area contributed by atoms with E-state index in [9.17, 15) is 0 Å². The van der Waals surface area contributed by atoms with Gasteiger partial charge in [-0.3, -0.25) is 0 Å². The SMILES string of the molecule is c1ccc(-c2ccc(-c3c(-c4ccccc4-c4cc5ccccc5c5ccccc45)c4ccccc4c4ccccc34)cc2)cc1. The van der Waals surface area contributed by atoms with E-state index >= 15 is 0 Å². The van der Waals surface area contributed by atoms with E-state index in [1.165, 1.54) is 87.6 Å². The first-order valence-corrected chi connectivity index (χ1v) is 15.9. The molecule has 0 aliphatic heterocycles. The zero-order valence-corrected chi connectivity index (χ0v) is 25.3. The molecule has 46 heavy (non-hydrogen) atoms. The van der Waals surface area contributed by atoms with E-state index in [1.807, 2.05) is 0 Å². The van der Waals surface area contributed by atoms with Crippen LogP contribution in [0.15, 0.2) is 182 Å². The summed E-state index contributed by atoms with van der Waals surface area (Å²) in [6.07, 6.45) is 0. The Balaban J connectivity index is 1.39. The van der Waals surface area contributed by atoms with Crippen LogP contribution < -0.4 is 0 Å². The predicted octanol–water partition coefficient (Wildman–Crippen LogP) is 13.0.